The molecular weight excluding hydrogens is 422 g/mol. The number of nitrogens with zero attached hydrogens (tertiary/aromatic N) is 3. The molecule has 0 radical (unpaired) electrons. The molecule has 0 saturated heterocycles. The van der Waals surface area contributed by atoms with Crippen LogP contribution >= 0.6 is 15.9 Å². The Morgan fingerprint density at radius 1 is 1.07 bits per heavy atom. The number of benzene rings is 2. The molecule has 2 heterocycles. The van der Waals surface area contributed by atoms with E-state index in [2.05, 4.69) is 20.9 Å². The van der Waals surface area contributed by atoms with Gasteiger partial charge in [-0.25, -0.2) is 4.98 Å². The summed E-state index contributed by atoms with van der Waals surface area (Å²) in [5.41, 5.74) is 2.98. The predicted octanol–water partition coefficient (Wildman–Crippen LogP) is 2.97. The number of hydrogen-bond acceptors (Lipinski definition) is 4. The summed E-state index contributed by atoms with van der Waals surface area (Å²) in [4.78, 5) is 17.5. The highest BCUT2D eigenvalue weighted by Gasteiger charge is 2.17. The van der Waals surface area contributed by atoms with Gasteiger partial charge in [-0.3, -0.25) is 13.9 Å². The zero-order valence-corrected chi connectivity index (χ0v) is 16.5. The molecule has 6 nitrogen and oxygen atoms in total. The fourth-order valence-electron chi connectivity index (χ4n) is 3.20. The number of aromatic nitrogens is 3. The van der Waals surface area contributed by atoms with E-state index < -0.39 is 12.7 Å². The molecule has 0 spiro atoms. The van der Waals surface area contributed by atoms with E-state index in [1.165, 1.54) is 10.9 Å². The topological polar surface area (TPSA) is 80.3 Å². The molecule has 142 valence electrons. The molecule has 0 bridgehead atoms. The van der Waals surface area contributed by atoms with Crippen molar-refractivity contribution in [2.75, 3.05) is 6.61 Å². The highest BCUT2D eigenvalue weighted by Crippen LogP contribution is 2.30. The number of aliphatic hydroxyl groups is 2. The lowest BCUT2D eigenvalue weighted by atomic mass is 10.1. The van der Waals surface area contributed by atoms with Crippen LogP contribution in [0.1, 0.15) is 0 Å². The molecule has 0 saturated carbocycles. The van der Waals surface area contributed by atoms with Crippen molar-refractivity contribution in [2.24, 2.45) is 0 Å². The van der Waals surface area contributed by atoms with Crippen molar-refractivity contribution in [1.82, 2.24) is 14.1 Å². The average molecular weight is 440 g/mol. The summed E-state index contributed by atoms with van der Waals surface area (Å²) in [6, 6.07) is 19.4. The van der Waals surface area contributed by atoms with Gasteiger partial charge in [0.1, 0.15) is 6.33 Å². The summed E-state index contributed by atoms with van der Waals surface area (Å²) < 4.78 is 4.24. The van der Waals surface area contributed by atoms with Crippen LogP contribution < -0.4 is 5.56 Å². The Balaban J connectivity index is 1.98. The third kappa shape index (κ3) is 3.40. The lowest BCUT2D eigenvalue weighted by Crippen LogP contribution is -2.28. The standard InChI is InChI=1S/C21H18BrN3O3/c22-15-8-6-14(7-9-15)19-10-18-20(25(19)16-4-2-1-3-5-16)23-13-24(21(18)28)11-17(27)12-26/h1-10,13,17,26-27H,11-12H2. The lowest BCUT2D eigenvalue weighted by molar-refractivity contribution is 0.0802. The zero-order chi connectivity index (χ0) is 19.7. The van der Waals surface area contributed by atoms with E-state index in [0.29, 0.717) is 11.0 Å². The average Bonchev–Trinajstić information content (AvgIpc) is 3.11. The van der Waals surface area contributed by atoms with E-state index in [4.69, 9.17) is 5.11 Å². The van der Waals surface area contributed by atoms with E-state index in [0.717, 1.165) is 21.4 Å². The summed E-state index contributed by atoms with van der Waals surface area (Å²) in [5, 5.41) is 19.2. The van der Waals surface area contributed by atoms with Crippen molar-refractivity contribution in [2.45, 2.75) is 12.6 Å². The van der Waals surface area contributed by atoms with Gasteiger partial charge in [-0.1, -0.05) is 46.3 Å². The summed E-state index contributed by atoms with van der Waals surface area (Å²) >= 11 is 3.45. The van der Waals surface area contributed by atoms with E-state index in [1.54, 1.807) is 0 Å². The molecule has 4 rings (SSSR count). The predicted molar refractivity (Wildman–Crippen MR) is 112 cm³/mol. The molecule has 0 aliphatic carbocycles. The maximum atomic E-state index is 13.0. The molecule has 28 heavy (non-hydrogen) atoms. The molecule has 7 heteroatoms. The fourth-order valence-corrected chi connectivity index (χ4v) is 3.47. The summed E-state index contributed by atoms with van der Waals surface area (Å²) in [6.45, 7) is -0.429. The minimum absolute atomic E-state index is 0.0115. The second-order valence-corrected chi connectivity index (χ2v) is 7.40. The van der Waals surface area contributed by atoms with Gasteiger partial charge in [-0.2, -0.15) is 0 Å². The van der Waals surface area contributed by atoms with Crippen LogP contribution in [-0.2, 0) is 6.54 Å². The Hall–Kier alpha value is -2.74. The van der Waals surface area contributed by atoms with Gasteiger partial charge < -0.3 is 10.2 Å². The van der Waals surface area contributed by atoms with E-state index in [9.17, 15) is 9.90 Å². The van der Waals surface area contributed by atoms with Gasteiger partial charge in [0.2, 0.25) is 0 Å². The van der Waals surface area contributed by atoms with E-state index in [1.807, 2.05) is 65.2 Å². The monoisotopic (exact) mass is 439 g/mol. The van der Waals surface area contributed by atoms with Gasteiger partial charge in [0, 0.05) is 10.2 Å². The van der Waals surface area contributed by atoms with Crippen LogP contribution in [-0.4, -0.2) is 37.0 Å². The van der Waals surface area contributed by atoms with Crippen LogP contribution in [0.25, 0.3) is 28.0 Å². The minimum Gasteiger partial charge on any atom is -0.394 e. The number of hydrogen-bond donors (Lipinski definition) is 2. The Kier molecular flexibility index (Phi) is 5.13. The Labute approximate surface area is 169 Å². The number of aliphatic hydroxyl groups excluding tert-OH is 2. The maximum Gasteiger partial charge on any atom is 0.262 e. The Morgan fingerprint density at radius 2 is 1.79 bits per heavy atom. The molecule has 0 aliphatic rings. The molecule has 1 atom stereocenters. The van der Waals surface area contributed by atoms with Crippen LogP contribution in [0.15, 0.2) is 76.3 Å². The van der Waals surface area contributed by atoms with Crippen molar-refractivity contribution in [3.63, 3.8) is 0 Å². The van der Waals surface area contributed by atoms with Crippen molar-refractivity contribution < 1.29 is 10.2 Å². The van der Waals surface area contributed by atoms with E-state index >= 15 is 0 Å². The SMILES string of the molecule is O=c1c2cc(-c3ccc(Br)cc3)n(-c3ccccc3)c2ncn1CC(O)CO. The van der Waals surface area contributed by atoms with Crippen LogP contribution in [0.2, 0.25) is 0 Å². The van der Waals surface area contributed by atoms with Crippen LogP contribution in [0.4, 0.5) is 0 Å². The molecule has 0 aliphatic heterocycles. The van der Waals surface area contributed by atoms with Gasteiger partial charge in [-0.15, -0.1) is 0 Å². The number of halogens is 1. The van der Waals surface area contributed by atoms with Gasteiger partial charge in [-0.05, 0) is 35.9 Å². The van der Waals surface area contributed by atoms with Gasteiger partial charge in [0.05, 0.1) is 30.3 Å². The lowest BCUT2D eigenvalue weighted by Gasteiger charge is -2.12. The van der Waals surface area contributed by atoms with Crippen molar-refractivity contribution in [1.29, 1.82) is 0 Å². The fraction of sp³-hybridized carbons (Fsp3) is 0.143. The highest BCUT2D eigenvalue weighted by atomic mass is 79.9. The smallest absolute Gasteiger partial charge is 0.262 e. The van der Waals surface area contributed by atoms with Crippen molar-refractivity contribution >= 4 is 27.0 Å². The number of para-hydroxylation sites is 1. The number of rotatable bonds is 5. The third-order valence-corrected chi connectivity index (χ3v) is 5.09. The van der Waals surface area contributed by atoms with E-state index in [-0.39, 0.29) is 12.1 Å². The zero-order valence-electron chi connectivity index (χ0n) is 14.9. The molecule has 4 aromatic rings. The minimum atomic E-state index is -1.01. The molecule has 1 unspecified atom stereocenters. The molecule has 2 N–H and O–H groups in total. The van der Waals surface area contributed by atoms with Gasteiger partial charge in [0.15, 0.2) is 5.65 Å². The first-order valence-electron chi connectivity index (χ1n) is 8.79. The second-order valence-electron chi connectivity index (χ2n) is 6.48. The molecular formula is C21H18BrN3O3. The van der Waals surface area contributed by atoms with Crippen LogP contribution in [0.3, 0.4) is 0 Å². The quantitative estimate of drug-likeness (QED) is 0.500. The summed E-state index contributed by atoms with van der Waals surface area (Å²) in [5.74, 6) is 0. The van der Waals surface area contributed by atoms with Gasteiger partial charge >= 0.3 is 0 Å². The molecule has 2 aromatic heterocycles. The van der Waals surface area contributed by atoms with Crippen LogP contribution in [0.5, 0.6) is 0 Å². The first-order valence-corrected chi connectivity index (χ1v) is 9.59. The maximum absolute atomic E-state index is 13.0. The molecule has 2 aromatic carbocycles. The number of fused-ring (bicyclic) bond motifs is 1. The van der Waals surface area contributed by atoms with Gasteiger partial charge in [0.25, 0.3) is 5.56 Å². The summed E-state index contributed by atoms with van der Waals surface area (Å²) in [7, 11) is 0. The second kappa shape index (κ2) is 7.71. The van der Waals surface area contributed by atoms with Crippen LogP contribution in [0, 0.1) is 0 Å². The first kappa shape index (κ1) is 18.6. The molecule has 0 amide bonds. The first-order chi connectivity index (χ1) is 13.6. The van der Waals surface area contributed by atoms with Crippen molar-refractivity contribution in [3.05, 3.63) is 81.8 Å². The normalized spacial score (nSPS) is 12.4. The Morgan fingerprint density at radius 3 is 2.46 bits per heavy atom. The van der Waals surface area contributed by atoms with Crippen molar-refractivity contribution in [3.8, 4) is 16.9 Å². The summed E-state index contributed by atoms with van der Waals surface area (Å²) in [6.07, 6.45) is 0.396. The third-order valence-electron chi connectivity index (χ3n) is 4.56. The Bertz CT molecular complexity index is 1170. The highest BCUT2D eigenvalue weighted by molar-refractivity contribution is 9.10. The largest absolute Gasteiger partial charge is 0.394 e. The molecule has 0 fully saturated rings.